The van der Waals surface area contributed by atoms with E-state index in [1.807, 2.05) is 42.5 Å². The Morgan fingerprint density at radius 2 is 1.96 bits per heavy atom. The lowest BCUT2D eigenvalue weighted by Gasteiger charge is -2.08. The van der Waals surface area contributed by atoms with E-state index in [0.29, 0.717) is 17.4 Å². The fraction of sp³-hybridized carbons (Fsp3) is 0.263. The zero-order chi connectivity index (χ0) is 18.2. The number of carbonyl (C=O) groups excluding carboxylic acids is 1. The summed E-state index contributed by atoms with van der Waals surface area (Å²) in [5, 5.41) is 3.94. The molecular weight excluding hydrogens is 384 g/mol. The fourth-order valence-corrected chi connectivity index (χ4v) is 2.49. The van der Waals surface area contributed by atoms with Crippen LogP contribution in [0.3, 0.4) is 0 Å². The maximum Gasteiger partial charge on any atom is 0.277 e. The van der Waals surface area contributed by atoms with E-state index in [-0.39, 0.29) is 12.5 Å². The van der Waals surface area contributed by atoms with E-state index in [0.717, 1.165) is 10.0 Å². The molecule has 0 atom stereocenters. The van der Waals surface area contributed by atoms with Gasteiger partial charge in [-0.1, -0.05) is 41.9 Å². The van der Waals surface area contributed by atoms with E-state index in [2.05, 4.69) is 40.3 Å². The number of methoxy groups -OCH3 is 1. The molecule has 0 aliphatic rings. The highest BCUT2D eigenvalue weighted by atomic mass is 79.9. The normalized spacial score (nSPS) is 10.9. The Morgan fingerprint density at radius 1 is 1.24 bits per heavy atom. The van der Waals surface area contributed by atoms with Crippen LogP contribution in [0.15, 0.2) is 52.0 Å². The SMILES string of the molecule is COc1ccc(Br)cc1/C=N/NC(=O)COc1ccc(C(C)C)cc1. The van der Waals surface area contributed by atoms with Gasteiger partial charge in [-0.05, 0) is 41.8 Å². The lowest BCUT2D eigenvalue weighted by atomic mass is 10.0. The molecule has 0 bridgehead atoms. The van der Waals surface area contributed by atoms with Gasteiger partial charge in [0.05, 0.1) is 13.3 Å². The van der Waals surface area contributed by atoms with Crippen LogP contribution >= 0.6 is 15.9 Å². The zero-order valence-electron chi connectivity index (χ0n) is 14.5. The van der Waals surface area contributed by atoms with Crippen molar-refractivity contribution in [3.8, 4) is 11.5 Å². The number of nitrogens with one attached hydrogen (secondary N) is 1. The summed E-state index contributed by atoms with van der Waals surface area (Å²) in [5.41, 5.74) is 4.41. The van der Waals surface area contributed by atoms with E-state index in [1.165, 1.54) is 11.8 Å². The number of benzene rings is 2. The molecular formula is C19H21BrN2O3. The van der Waals surface area contributed by atoms with Crippen LogP contribution in [-0.4, -0.2) is 25.8 Å². The van der Waals surface area contributed by atoms with Gasteiger partial charge in [0.25, 0.3) is 5.91 Å². The van der Waals surface area contributed by atoms with Gasteiger partial charge in [0.15, 0.2) is 6.61 Å². The molecule has 0 aliphatic heterocycles. The Balaban J connectivity index is 1.85. The first-order valence-corrected chi connectivity index (χ1v) is 8.67. The van der Waals surface area contributed by atoms with Gasteiger partial charge in [-0.15, -0.1) is 0 Å². The number of hydrazone groups is 1. The molecule has 0 saturated heterocycles. The minimum atomic E-state index is -0.335. The van der Waals surface area contributed by atoms with Crippen LogP contribution in [-0.2, 0) is 4.79 Å². The number of halogens is 1. The van der Waals surface area contributed by atoms with Crippen LogP contribution in [0.1, 0.15) is 30.9 Å². The van der Waals surface area contributed by atoms with Crippen LogP contribution in [0.4, 0.5) is 0 Å². The average Bonchev–Trinajstić information content (AvgIpc) is 2.60. The fourth-order valence-electron chi connectivity index (χ4n) is 2.11. The van der Waals surface area contributed by atoms with Crippen molar-refractivity contribution in [1.82, 2.24) is 5.43 Å². The van der Waals surface area contributed by atoms with Crippen molar-refractivity contribution in [3.05, 3.63) is 58.1 Å². The third kappa shape index (κ3) is 5.90. The molecule has 5 nitrogen and oxygen atoms in total. The highest BCUT2D eigenvalue weighted by molar-refractivity contribution is 9.10. The Kier molecular flexibility index (Phi) is 7.01. The lowest BCUT2D eigenvalue weighted by molar-refractivity contribution is -0.123. The summed E-state index contributed by atoms with van der Waals surface area (Å²) in [5.74, 6) is 1.44. The summed E-state index contributed by atoms with van der Waals surface area (Å²) in [7, 11) is 1.58. The molecule has 0 heterocycles. The maximum atomic E-state index is 11.8. The van der Waals surface area contributed by atoms with E-state index in [9.17, 15) is 4.79 Å². The summed E-state index contributed by atoms with van der Waals surface area (Å²) in [4.78, 5) is 11.8. The number of nitrogens with zero attached hydrogens (tertiary/aromatic N) is 1. The van der Waals surface area contributed by atoms with Gasteiger partial charge in [-0.3, -0.25) is 4.79 Å². The molecule has 0 aliphatic carbocycles. The van der Waals surface area contributed by atoms with Crippen molar-refractivity contribution < 1.29 is 14.3 Å². The third-order valence-corrected chi connectivity index (χ3v) is 3.99. The first-order chi connectivity index (χ1) is 12.0. The van der Waals surface area contributed by atoms with E-state index in [4.69, 9.17) is 9.47 Å². The average molecular weight is 405 g/mol. The monoisotopic (exact) mass is 404 g/mol. The number of carbonyl (C=O) groups is 1. The van der Waals surface area contributed by atoms with Crippen LogP contribution in [0.5, 0.6) is 11.5 Å². The van der Waals surface area contributed by atoms with Crippen LogP contribution in [0, 0.1) is 0 Å². The second-order valence-corrected chi connectivity index (χ2v) is 6.61. The Morgan fingerprint density at radius 3 is 2.60 bits per heavy atom. The van der Waals surface area contributed by atoms with Crippen molar-refractivity contribution >= 4 is 28.1 Å². The van der Waals surface area contributed by atoms with Crippen molar-refractivity contribution in [3.63, 3.8) is 0 Å². The molecule has 2 aromatic rings. The number of amides is 1. The van der Waals surface area contributed by atoms with Gasteiger partial charge < -0.3 is 9.47 Å². The molecule has 6 heteroatoms. The van der Waals surface area contributed by atoms with E-state index in [1.54, 1.807) is 7.11 Å². The van der Waals surface area contributed by atoms with Gasteiger partial charge in [-0.25, -0.2) is 5.43 Å². The van der Waals surface area contributed by atoms with Crippen LogP contribution in [0.2, 0.25) is 0 Å². The highest BCUT2D eigenvalue weighted by Crippen LogP contribution is 2.21. The smallest absolute Gasteiger partial charge is 0.277 e. The molecule has 0 aromatic heterocycles. The van der Waals surface area contributed by atoms with Crippen molar-refractivity contribution in [2.75, 3.05) is 13.7 Å². The number of ether oxygens (including phenoxy) is 2. The maximum absolute atomic E-state index is 11.8. The lowest BCUT2D eigenvalue weighted by Crippen LogP contribution is -2.24. The Hall–Kier alpha value is -2.34. The van der Waals surface area contributed by atoms with Gasteiger partial charge >= 0.3 is 0 Å². The summed E-state index contributed by atoms with van der Waals surface area (Å²) >= 11 is 3.39. The largest absolute Gasteiger partial charge is 0.496 e. The molecule has 25 heavy (non-hydrogen) atoms. The molecule has 1 amide bonds. The van der Waals surface area contributed by atoms with Crippen molar-refractivity contribution in [2.45, 2.75) is 19.8 Å². The summed E-state index contributed by atoms with van der Waals surface area (Å²) in [6, 6.07) is 13.2. The molecule has 0 spiro atoms. The Labute approximate surface area is 156 Å². The van der Waals surface area contributed by atoms with E-state index >= 15 is 0 Å². The molecule has 0 saturated carbocycles. The summed E-state index contributed by atoms with van der Waals surface area (Å²) < 4.78 is 11.6. The Bertz CT molecular complexity index is 743. The third-order valence-electron chi connectivity index (χ3n) is 3.50. The topological polar surface area (TPSA) is 59.9 Å². The highest BCUT2D eigenvalue weighted by Gasteiger charge is 2.04. The quantitative estimate of drug-likeness (QED) is 0.557. The molecule has 1 N–H and O–H groups in total. The molecule has 2 rings (SSSR count). The van der Waals surface area contributed by atoms with Gasteiger partial charge in [-0.2, -0.15) is 5.10 Å². The number of hydrogen-bond donors (Lipinski definition) is 1. The molecule has 0 radical (unpaired) electrons. The van der Waals surface area contributed by atoms with E-state index < -0.39 is 0 Å². The molecule has 132 valence electrons. The first kappa shape index (κ1) is 19.0. The minimum Gasteiger partial charge on any atom is -0.496 e. The van der Waals surface area contributed by atoms with Gasteiger partial charge in [0.1, 0.15) is 11.5 Å². The second kappa shape index (κ2) is 9.22. The number of hydrogen-bond acceptors (Lipinski definition) is 4. The van der Waals surface area contributed by atoms with Gasteiger partial charge in [0, 0.05) is 10.0 Å². The summed E-state index contributed by atoms with van der Waals surface area (Å²) in [6.07, 6.45) is 1.53. The second-order valence-electron chi connectivity index (χ2n) is 5.69. The number of rotatable bonds is 7. The predicted octanol–water partition coefficient (Wildman–Crippen LogP) is 4.11. The molecule has 0 fully saturated rings. The standard InChI is InChI=1S/C19H21BrN2O3/c1-13(2)14-4-7-17(8-5-14)25-12-19(23)22-21-11-15-10-16(20)6-9-18(15)24-3/h4-11,13H,12H2,1-3H3,(H,22,23)/b21-11+. The molecule has 2 aromatic carbocycles. The predicted molar refractivity (Wildman–Crippen MR) is 102 cm³/mol. The van der Waals surface area contributed by atoms with Crippen molar-refractivity contribution in [1.29, 1.82) is 0 Å². The van der Waals surface area contributed by atoms with Gasteiger partial charge in [0.2, 0.25) is 0 Å². The van der Waals surface area contributed by atoms with Crippen LogP contribution < -0.4 is 14.9 Å². The zero-order valence-corrected chi connectivity index (χ0v) is 16.0. The first-order valence-electron chi connectivity index (χ1n) is 7.88. The van der Waals surface area contributed by atoms with Crippen LogP contribution in [0.25, 0.3) is 0 Å². The molecule has 0 unspecified atom stereocenters. The van der Waals surface area contributed by atoms with Crippen molar-refractivity contribution in [2.24, 2.45) is 5.10 Å². The minimum absolute atomic E-state index is 0.103. The summed E-state index contributed by atoms with van der Waals surface area (Å²) in [6.45, 7) is 4.15.